The molecule has 19 heavy (non-hydrogen) atoms. The number of nitrogens with two attached hydrogens (primary N) is 1. The van der Waals surface area contributed by atoms with Gasteiger partial charge in [-0.1, -0.05) is 18.2 Å². The summed E-state index contributed by atoms with van der Waals surface area (Å²) in [4.78, 5) is 15.6. The Hall–Kier alpha value is -2.63. The first-order valence-corrected chi connectivity index (χ1v) is 5.85. The number of ether oxygens (including phenoxy) is 1. The number of fused-ring (bicyclic) bond motifs is 1. The van der Waals surface area contributed by atoms with Gasteiger partial charge in [0, 0.05) is 12.0 Å². The third-order valence-electron chi connectivity index (χ3n) is 2.92. The molecule has 1 aromatic carbocycles. The summed E-state index contributed by atoms with van der Waals surface area (Å²) in [6.07, 6.45) is 2.03. The number of nitrogens with zero attached hydrogens (tertiary/aromatic N) is 3. The van der Waals surface area contributed by atoms with Crippen molar-refractivity contribution in [2.24, 2.45) is 0 Å². The van der Waals surface area contributed by atoms with Gasteiger partial charge in [0.2, 0.25) is 0 Å². The molecule has 96 valence electrons. The first kappa shape index (κ1) is 11.5. The average Bonchev–Trinajstić information content (AvgIpc) is 2.83. The zero-order valence-electron chi connectivity index (χ0n) is 10.4. The van der Waals surface area contributed by atoms with Gasteiger partial charge in [-0.2, -0.15) is 0 Å². The Morgan fingerprint density at radius 3 is 2.89 bits per heavy atom. The fraction of sp³-hybridized carbons (Fsp3) is 0.154. The number of methoxy groups -OCH3 is 1. The Balaban J connectivity index is 1.99. The summed E-state index contributed by atoms with van der Waals surface area (Å²) < 4.78 is 5.32. The van der Waals surface area contributed by atoms with Crippen LogP contribution in [-0.4, -0.2) is 27.0 Å². The van der Waals surface area contributed by atoms with Crippen LogP contribution in [0.15, 0.2) is 30.6 Å². The molecule has 0 bridgehead atoms. The summed E-state index contributed by atoms with van der Waals surface area (Å²) in [6, 6.07) is 7.83. The zero-order chi connectivity index (χ0) is 13.2. The summed E-state index contributed by atoms with van der Waals surface area (Å²) in [5, 5.41) is 0. The predicted octanol–water partition coefficient (Wildman–Crippen LogP) is 1.53. The van der Waals surface area contributed by atoms with Crippen LogP contribution in [0.25, 0.3) is 11.2 Å². The maximum atomic E-state index is 5.77. The second kappa shape index (κ2) is 4.56. The van der Waals surface area contributed by atoms with E-state index in [1.807, 2.05) is 24.3 Å². The summed E-state index contributed by atoms with van der Waals surface area (Å²) in [6.45, 7) is 0. The van der Waals surface area contributed by atoms with E-state index in [9.17, 15) is 0 Å². The van der Waals surface area contributed by atoms with E-state index in [1.54, 1.807) is 7.11 Å². The molecule has 3 aromatic rings. The van der Waals surface area contributed by atoms with Crippen LogP contribution in [0, 0.1) is 0 Å². The topological polar surface area (TPSA) is 89.7 Å². The van der Waals surface area contributed by atoms with Gasteiger partial charge in [0.15, 0.2) is 11.5 Å². The minimum absolute atomic E-state index is 0.406. The molecule has 6 nitrogen and oxygen atoms in total. The minimum Gasteiger partial charge on any atom is -0.496 e. The monoisotopic (exact) mass is 255 g/mol. The number of benzene rings is 1. The molecular formula is C13H13N5O. The van der Waals surface area contributed by atoms with E-state index in [4.69, 9.17) is 10.5 Å². The number of nitrogens with one attached hydrogen (secondary N) is 1. The first-order chi connectivity index (χ1) is 9.28. The van der Waals surface area contributed by atoms with E-state index in [0.717, 1.165) is 17.1 Å². The van der Waals surface area contributed by atoms with E-state index in [-0.39, 0.29) is 0 Å². The van der Waals surface area contributed by atoms with Gasteiger partial charge >= 0.3 is 0 Å². The molecule has 3 rings (SSSR count). The normalized spacial score (nSPS) is 10.8. The van der Waals surface area contributed by atoms with Gasteiger partial charge in [-0.15, -0.1) is 0 Å². The lowest BCUT2D eigenvalue weighted by molar-refractivity contribution is 0.410. The molecule has 2 aromatic heterocycles. The van der Waals surface area contributed by atoms with Gasteiger partial charge in [0.25, 0.3) is 0 Å². The van der Waals surface area contributed by atoms with Gasteiger partial charge in [-0.3, -0.25) is 0 Å². The van der Waals surface area contributed by atoms with Gasteiger partial charge in [0.05, 0.1) is 7.11 Å². The number of hydrogen-bond acceptors (Lipinski definition) is 5. The van der Waals surface area contributed by atoms with Crippen LogP contribution in [0.5, 0.6) is 5.75 Å². The van der Waals surface area contributed by atoms with Crippen molar-refractivity contribution < 1.29 is 4.74 Å². The van der Waals surface area contributed by atoms with E-state index in [2.05, 4.69) is 19.9 Å². The molecule has 0 amide bonds. The van der Waals surface area contributed by atoms with Gasteiger partial charge < -0.3 is 15.5 Å². The Kier molecular flexibility index (Phi) is 2.75. The van der Waals surface area contributed by atoms with Crippen molar-refractivity contribution in [3.63, 3.8) is 0 Å². The SMILES string of the molecule is COc1ccccc1Cc1nc2ncnc(N)c2[nH]1. The molecule has 0 aliphatic carbocycles. The fourth-order valence-corrected chi connectivity index (χ4v) is 2.01. The Morgan fingerprint density at radius 2 is 2.11 bits per heavy atom. The lowest BCUT2D eigenvalue weighted by Gasteiger charge is -2.05. The molecule has 0 unspecified atom stereocenters. The molecule has 0 spiro atoms. The Bertz CT molecular complexity index is 722. The number of hydrogen-bond donors (Lipinski definition) is 2. The minimum atomic E-state index is 0.406. The number of H-pyrrole nitrogens is 1. The summed E-state index contributed by atoms with van der Waals surface area (Å²) >= 11 is 0. The van der Waals surface area contributed by atoms with E-state index >= 15 is 0 Å². The summed E-state index contributed by atoms with van der Waals surface area (Å²) in [5.41, 5.74) is 8.08. The van der Waals surface area contributed by atoms with Gasteiger partial charge in [0.1, 0.15) is 23.4 Å². The average molecular weight is 255 g/mol. The fourth-order valence-electron chi connectivity index (χ4n) is 2.01. The molecule has 0 saturated carbocycles. The van der Waals surface area contributed by atoms with Gasteiger partial charge in [-0.25, -0.2) is 15.0 Å². The van der Waals surface area contributed by atoms with Crippen LogP contribution in [0.2, 0.25) is 0 Å². The van der Waals surface area contributed by atoms with Gasteiger partial charge in [-0.05, 0) is 6.07 Å². The molecule has 3 N–H and O–H groups in total. The quantitative estimate of drug-likeness (QED) is 0.740. The number of rotatable bonds is 3. The molecule has 2 heterocycles. The van der Waals surface area contributed by atoms with Crippen LogP contribution in [0.1, 0.15) is 11.4 Å². The number of para-hydroxylation sites is 1. The maximum Gasteiger partial charge on any atom is 0.183 e. The highest BCUT2D eigenvalue weighted by atomic mass is 16.5. The highest BCUT2D eigenvalue weighted by Crippen LogP contribution is 2.21. The molecule has 0 aliphatic heterocycles. The number of nitrogen functional groups attached to an aromatic ring is 1. The third kappa shape index (κ3) is 2.08. The molecule has 0 aliphatic rings. The van der Waals surface area contributed by atoms with Crippen molar-refractivity contribution in [1.82, 2.24) is 19.9 Å². The van der Waals surface area contributed by atoms with Crippen LogP contribution < -0.4 is 10.5 Å². The summed E-state index contributed by atoms with van der Waals surface area (Å²) in [7, 11) is 1.65. The third-order valence-corrected chi connectivity index (χ3v) is 2.92. The second-order valence-corrected chi connectivity index (χ2v) is 4.13. The Labute approximate surface area is 109 Å². The number of aromatic nitrogens is 4. The predicted molar refractivity (Wildman–Crippen MR) is 71.9 cm³/mol. The van der Waals surface area contributed by atoms with Crippen molar-refractivity contribution in [1.29, 1.82) is 0 Å². The molecule has 6 heteroatoms. The van der Waals surface area contributed by atoms with Crippen molar-refractivity contribution in [2.75, 3.05) is 12.8 Å². The van der Waals surface area contributed by atoms with Crippen molar-refractivity contribution in [3.8, 4) is 5.75 Å². The molecular weight excluding hydrogens is 242 g/mol. The van der Waals surface area contributed by atoms with Crippen LogP contribution in [-0.2, 0) is 6.42 Å². The molecule has 0 radical (unpaired) electrons. The smallest absolute Gasteiger partial charge is 0.183 e. The zero-order valence-corrected chi connectivity index (χ0v) is 10.4. The molecule has 0 atom stereocenters. The standard InChI is InChI=1S/C13H13N5O/c1-19-9-5-3-2-4-8(9)6-10-17-11-12(14)15-7-16-13(11)18-10/h2-5,7H,6H2,1H3,(H3,14,15,16,17,18). The number of imidazole rings is 1. The highest BCUT2D eigenvalue weighted by Gasteiger charge is 2.10. The van der Waals surface area contributed by atoms with Crippen molar-refractivity contribution in [2.45, 2.75) is 6.42 Å². The van der Waals surface area contributed by atoms with Crippen LogP contribution in [0.4, 0.5) is 5.82 Å². The second-order valence-electron chi connectivity index (χ2n) is 4.13. The largest absolute Gasteiger partial charge is 0.496 e. The lowest BCUT2D eigenvalue weighted by atomic mass is 10.1. The van der Waals surface area contributed by atoms with Crippen LogP contribution in [0.3, 0.4) is 0 Å². The van der Waals surface area contributed by atoms with Crippen molar-refractivity contribution >= 4 is 17.0 Å². The maximum absolute atomic E-state index is 5.77. The number of aromatic amines is 1. The van der Waals surface area contributed by atoms with E-state index < -0.39 is 0 Å². The Morgan fingerprint density at radius 1 is 1.26 bits per heavy atom. The summed E-state index contributed by atoms with van der Waals surface area (Å²) in [5.74, 6) is 2.03. The number of anilines is 1. The van der Waals surface area contributed by atoms with Crippen LogP contribution >= 0.6 is 0 Å². The molecule has 0 fully saturated rings. The van der Waals surface area contributed by atoms with E-state index in [0.29, 0.717) is 23.4 Å². The molecule has 0 saturated heterocycles. The van der Waals surface area contributed by atoms with Crippen molar-refractivity contribution in [3.05, 3.63) is 42.0 Å². The van der Waals surface area contributed by atoms with E-state index in [1.165, 1.54) is 6.33 Å². The lowest BCUT2D eigenvalue weighted by Crippen LogP contribution is -1.95. The highest BCUT2D eigenvalue weighted by molar-refractivity contribution is 5.81. The first-order valence-electron chi connectivity index (χ1n) is 5.85.